The van der Waals surface area contributed by atoms with Crippen LogP contribution in [0.2, 0.25) is 0 Å². The average Bonchev–Trinajstić information content (AvgIpc) is 1.85. The maximum Gasteiger partial charge on any atom is 0.108 e. The maximum absolute atomic E-state index is 8.35. The van der Waals surface area contributed by atoms with Crippen LogP contribution in [0.15, 0.2) is 12.7 Å². The first-order chi connectivity index (χ1) is 4.31. The molecule has 3 N–H and O–H groups in total. The van der Waals surface area contributed by atoms with Crippen molar-refractivity contribution in [3.05, 3.63) is 12.7 Å². The Hall–Kier alpha value is -0.380. The summed E-state index contributed by atoms with van der Waals surface area (Å²) >= 11 is 0. The second-order valence-corrected chi connectivity index (χ2v) is 1.67. The second kappa shape index (κ2) is 5.75. The van der Waals surface area contributed by atoms with Crippen molar-refractivity contribution in [2.45, 2.75) is 12.6 Å². The topological polar surface area (TPSA) is 55.5 Å². The lowest BCUT2D eigenvalue weighted by molar-refractivity contribution is 0.0586. The van der Waals surface area contributed by atoms with Crippen molar-refractivity contribution >= 4 is 0 Å². The Bertz CT molecular complexity index is 75.5. The van der Waals surface area contributed by atoms with Gasteiger partial charge < -0.3 is 15.6 Å². The van der Waals surface area contributed by atoms with Crippen molar-refractivity contribution in [2.75, 3.05) is 13.2 Å². The molecule has 0 saturated heterocycles. The van der Waals surface area contributed by atoms with Gasteiger partial charge in [-0.3, -0.25) is 0 Å². The normalized spacial score (nSPS) is 13.1. The van der Waals surface area contributed by atoms with Crippen molar-refractivity contribution in [3.63, 3.8) is 0 Å². The lowest BCUT2D eigenvalue weighted by atomic mass is 10.4. The van der Waals surface area contributed by atoms with E-state index in [1.54, 1.807) is 6.08 Å². The van der Waals surface area contributed by atoms with Crippen LogP contribution in [0.25, 0.3) is 0 Å². The van der Waals surface area contributed by atoms with E-state index in [0.29, 0.717) is 13.0 Å². The van der Waals surface area contributed by atoms with Gasteiger partial charge in [0.1, 0.15) is 6.23 Å². The summed E-state index contributed by atoms with van der Waals surface area (Å²) in [6, 6.07) is 0. The molecule has 0 aliphatic carbocycles. The first kappa shape index (κ1) is 8.62. The van der Waals surface area contributed by atoms with Crippen LogP contribution in [0, 0.1) is 0 Å². The molecular weight excluding hydrogens is 118 g/mol. The predicted molar refractivity (Wildman–Crippen MR) is 35.8 cm³/mol. The van der Waals surface area contributed by atoms with Gasteiger partial charge in [0.15, 0.2) is 0 Å². The summed E-state index contributed by atoms with van der Waals surface area (Å²) in [7, 11) is 0. The second-order valence-electron chi connectivity index (χ2n) is 1.67. The molecule has 0 heterocycles. The van der Waals surface area contributed by atoms with Gasteiger partial charge in [-0.15, -0.1) is 6.58 Å². The zero-order valence-electron chi connectivity index (χ0n) is 5.42. The Morgan fingerprint density at radius 1 is 1.78 bits per heavy atom. The van der Waals surface area contributed by atoms with Gasteiger partial charge in [-0.25, -0.2) is 0 Å². The molecule has 0 rings (SSSR count). The molecule has 0 aliphatic heterocycles. The van der Waals surface area contributed by atoms with Gasteiger partial charge in [0, 0.05) is 13.0 Å². The molecule has 0 saturated carbocycles. The van der Waals surface area contributed by atoms with Gasteiger partial charge in [-0.05, 0) is 0 Å². The Morgan fingerprint density at radius 2 is 2.44 bits per heavy atom. The third-order valence-corrected chi connectivity index (χ3v) is 0.842. The average molecular weight is 131 g/mol. The van der Waals surface area contributed by atoms with Crippen LogP contribution in [0.1, 0.15) is 6.42 Å². The van der Waals surface area contributed by atoms with Gasteiger partial charge >= 0.3 is 0 Å². The largest absolute Gasteiger partial charge is 0.396 e. The smallest absolute Gasteiger partial charge is 0.108 e. The number of hydrogen-bond acceptors (Lipinski definition) is 3. The Kier molecular flexibility index (Phi) is 5.51. The molecule has 0 aromatic carbocycles. The Labute approximate surface area is 55.1 Å². The predicted octanol–water partition coefficient (Wildman–Crippen LogP) is -0.144. The summed E-state index contributed by atoms with van der Waals surface area (Å²) in [4.78, 5) is 0. The van der Waals surface area contributed by atoms with Gasteiger partial charge in [-0.1, -0.05) is 6.08 Å². The fourth-order valence-electron chi connectivity index (χ4n) is 0.402. The van der Waals surface area contributed by atoms with E-state index < -0.39 is 0 Å². The van der Waals surface area contributed by atoms with Crippen LogP contribution in [-0.4, -0.2) is 24.5 Å². The van der Waals surface area contributed by atoms with E-state index in [9.17, 15) is 0 Å². The first-order valence-electron chi connectivity index (χ1n) is 2.90. The molecule has 0 bridgehead atoms. The van der Waals surface area contributed by atoms with E-state index in [-0.39, 0.29) is 12.8 Å². The fourth-order valence-corrected chi connectivity index (χ4v) is 0.402. The molecule has 54 valence electrons. The third-order valence-electron chi connectivity index (χ3n) is 0.842. The molecule has 0 aliphatic rings. The third kappa shape index (κ3) is 5.49. The molecule has 0 aromatic rings. The van der Waals surface area contributed by atoms with E-state index in [1.165, 1.54) is 0 Å². The molecule has 1 unspecified atom stereocenters. The molecule has 3 nitrogen and oxygen atoms in total. The molecule has 0 amide bonds. The highest BCUT2D eigenvalue weighted by Crippen LogP contribution is 1.88. The number of aliphatic hydroxyl groups is 1. The SMILES string of the molecule is C=CCOC(N)CCO. The van der Waals surface area contributed by atoms with Crippen molar-refractivity contribution in [1.29, 1.82) is 0 Å². The van der Waals surface area contributed by atoms with Crippen molar-refractivity contribution in [2.24, 2.45) is 5.73 Å². The highest BCUT2D eigenvalue weighted by Gasteiger charge is 1.97. The zero-order chi connectivity index (χ0) is 7.11. The Morgan fingerprint density at radius 3 is 2.89 bits per heavy atom. The lowest BCUT2D eigenvalue weighted by Crippen LogP contribution is -2.24. The van der Waals surface area contributed by atoms with Gasteiger partial charge in [0.05, 0.1) is 6.61 Å². The standard InChI is InChI=1S/C6H13NO2/c1-2-5-9-6(7)3-4-8/h2,6,8H,1,3-5,7H2. The molecule has 0 fully saturated rings. The minimum Gasteiger partial charge on any atom is -0.396 e. The Balaban J connectivity index is 3.04. The van der Waals surface area contributed by atoms with Crippen molar-refractivity contribution in [3.8, 4) is 0 Å². The summed E-state index contributed by atoms with van der Waals surface area (Å²) in [5.74, 6) is 0. The molecule has 0 spiro atoms. The first-order valence-corrected chi connectivity index (χ1v) is 2.90. The summed E-state index contributed by atoms with van der Waals surface area (Å²) in [5, 5.41) is 8.35. The van der Waals surface area contributed by atoms with E-state index in [0.717, 1.165) is 0 Å². The van der Waals surface area contributed by atoms with Crippen LogP contribution < -0.4 is 5.73 Å². The number of hydrogen-bond donors (Lipinski definition) is 2. The molecule has 0 radical (unpaired) electrons. The highest BCUT2D eigenvalue weighted by atomic mass is 16.5. The summed E-state index contributed by atoms with van der Waals surface area (Å²) < 4.78 is 4.93. The molecule has 9 heavy (non-hydrogen) atoms. The lowest BCUT2D eigenvalue weighted by Gasteiger charge is -2.08. The maximum atomic E-state index is 8.35. The molecule has 0 aromatic heterocycles. The van der Waals surface area contributed by atoms with Crippen molar-refractivity contribution in [1.82, 2.24) is 0 Å². The quantitative estimate of drug-likeness (QED) is 0.403. The van der Waals surface area contributed by atoms with Crippen LogP contribution in [0.3, 0.4) is 0 Å². The number of ether oxygens (including phenoxy) is 1. The summed E-state index contributed by atoms with van der Waals surface area (Å²) in [6.45, 7) is 3.96. The van der Waals surface area contributed by atoms with Crippen LogP contribution in [0.4, 0.5) is 0 Å². The summed E-state index contributed by atoms with van der Waals surface area (Å²) in [6.07, 6.45) is 1.75. The molecule has 1 atom stereocenters. The zero-order valence-corrected chi connectivity index (χ0v) is 5.42. The van der Waals surface area contributed by atoms with E-state index in [4.69, 9.17) is 15.6 Å². The van der Waals surface area contributed by atoms with Gasteiger partial charge in [-0.2, -0.15) is 0 Å². The fraction of sp³-hybridized carbons (Fsp3) is 0.667. The van der Waals surface area contributed by atoms with E-state index >= 15 is 0 Å². The number of aliphatic hydroxyl groups excluding tert-OH is 1. The molecule has 3 heteroatoms. The minimum atomic E-state index is -0.354. The van der Waals surface area contributed by atoms with Crippen LogP contribution in [-0.2, 0) is 4.74 Å². The van der Waals surface area contributed by atoms with Gasteiger partial charge in [0.25, 0.3) is 0 Å². The monoisotopic (exact) mass is 131 g/mol. The number of rotatable bonds is 5. The minimum absolute atomic E-state index is 0.0678. The van der Waals surface area contributed by atoms with Crippen LogP contribution in [0.5, 0.6) is 0 Å². The van der Waals surface area contributed by atoms with E-state index in [2.05, 4.69) is 6.58 Å². The highest BCUT2D eigenvalue weighted by molar-refractivity contribution is 4.64. The van der Waals surface area contributed by atoms with E-state index in [1.807, 2.05) is 0 Å². The van der Waals surface area contributed by atoms with Gasteiger partial charge in [0.2, 0.25) is 0 Å². The molecular formula is C6H13NO2. The van der Waals surface area contributed by atoms with Crippen molar-refractivity contribution < 1.29 is 9.84 Å². The van der Waals surface area contributed by atoms with Crippen LogP contribution >= 0.6 is 0 Å². The summed E-state index contributed by atoms with van der Waals surface area (Å²) in [5.41, 5.74) is 5.34. The number of nitrogens with two attached hydrogens (primary N) is 1.